The zero-order valence-corrected chi connectivity index (χ0v) is 7.67. The molecule has 2 heterocycles. The molecule has 0 unspecified atom stereocenters. The van der Waals surface area contributed by atoms with Crippen LogP contribution in [0.2, 0.25) is 0 Å². The van der Waals surface area contributed by atoms with E-state index in [2.05, 4.69) is 0 Å². The van der Waals surface area contributed by atoms with E-state index < -0.39 is 15.1 Å². The third-order valence-corrected chi connectivity index (χ3v) is 4.07. The SMILES string of the molecule is CS(=O)(=O)[C@H]1C(=O)N2CCC[C@H]12. The molecule has 0 aromatic carbocycles. The number of sulfone groups is 1. The minimum atomic E-state index is -3.16. The molecule has 2 saturated heterocycles. The van der Waals surface area contributed by atoms with Crippen molar-refractivity contribution in [2.45, 2.75) is 24.1 Å². The highest BCUT2D eigenvalue weighted by Gasteiger charge is 2.54. The molecule has 2 aliphatic heterocycles. The highest BCUT2D eigenvalue weighted by atomic mass is 32.2. The van der Waals surface area contributed by atoms with Gasteiger partial charge in [-0.15, -0.1) is 0 Å². The van der Waals surface area contributed by atoms with Gasteiger partial charge in [-0.2, -0.15) is 0 Å². The number of carbonyl (C=O) groups is 1. The number of amides is 1. The molecule has 0 aromatic heterocycles. The van der Waals surface area contributed by atoms with E-state index in [4.69, 9.17) is 0 Å². The summed E-state index contributed by atoms with van der Waals surface area (Å²) in [6.45, 7) is 0.746. The highest BCUT2D eigenvalue weighted by Crippen LogP contribution is 2.34. The summed E-state index contributed by atoms with van der Waals surface area (Å²) in [4.78, 5) is 12.9. The van der Waals surface area contributed by atoms with Gasteiger partial charge in [-0.25, -0.2) is 8.42 Å². The van der Waals surface area contributed by atoms with Crippen LogP contribution in [-0.2, 0) is 14.6 Å². The first kappa shape index (κ1) is 8.04. The molecule has 2 atom stereocenters. The van der Waals surface area contributed by atoms with Gasteiger partial charge in [0, 0.05) is 12.8 Å². The Hall–Kier alpha value is -0.580. The molecular formula is C7H11NO3S. The smallest absolute Gasteiger partial charge is 0.243 e. The standard InChI is InChI=1S/C7H11NO3S/c1-12(10,11)6-5-3-2-4-8(5)7(6)9/h5-6H,2-4H2,1H3/t5-,6-/m1/s1. The monoisotopic (exact) mass is 189 g/mol. The number of carbonyl (C=O) groups excluding carboxylic acids is 1. The highest BCUT2D eigenvalue weighted by molar-refractivity contribution is 7.92. The molecular weight excluding hydrogens is 178 g/mol. The number of β-lactam (4-membered cyclic amide) rings is 1. The molecule has 0 radical (unpaired) electrons. The largest absolute Gasteiger partial charge is 0.337 e. The van der Waals surface area contributed by atoms with Gasteiger partial charge >= 0.3 is 0 Å². The Bertz CT molecular complexity index is 322. The first-order valence-corrected chi connectivity index (χ1v) is 5.96. The van der Waals surface area contributed by atoms with E-state index in [1.165, 1.54) is 0 Å². The molecule has 2 aliphatic rings. The fourth-order valence-corrected chi connectivity index (χ4v) is 3.45. The molecule has 0 bridgehead atoms. The van der Waals surface area contributed by atoms with E-state index in [-0.39, 0.29) is 11.9 Å². The fourth-order valence-electron chi connectivity index (χ4n) is 2.10. The lowest BCUT2D eigenvalue weighted by atomic mass is 10.0. The topological polar surface area (TPSA) is 54.5 Å². The van der Waals surface area contributed by atoms with Crippen molar-refractivity contribution in [1.82, 2.24) is 4.90 Å². The third-order valence-electron chi connectivity index (χ3n) is 2.64. The van der Waals surface area contributed by atoms with Crippen molar-refractivity contribution in [2.24, 2.45) is 0 Å². The lowest BCUT2D eigenvalue weighted by molar-refractivity contribution is -0.141. The van der Waals surface area contributed by atoms with Crippen LogP contribution in [0.15, 0.2) is 0 Å². The number of fused-ring (bicyclic) bond motifs is 1. The second kappa shape index (κ2) is 2.22. The van der Waals surface area contributed by atoms with Gasteiger partial charge in [0.25, 0.3) is 0 Å². The van der Waals surface area contributed by atoms with E-state index in [0.29, 0.717) is 0 Å². The average Bonchev–Trinajstić information content (AvgIpc) is 2.27. The average molecular weight is 189 g/mol. The first-order chi connectivity index (χ1) is 5.52. The van der Waals surface area contributed by atoms with E-state index in [1.54, 1.807) is 4.90 Å². The van der Waals surface area contributed by atoms with Crippen LogP contribution in [0.1, 0.15) is 12.8 Å². The summed E-state index contributed by atoms with van der Waals surface area (Å²) in [5.41, 5.74) is 0. The van der Waals surface area contributed by atoms with Crippen LogP contribution in [0.25, 0.3) is 0 Å². The Labute approximate surface area is 71.5 Å². The van der Waals surface area contributed by atoms with Gasteiger partial charge in [-0.1, -0.05) is 0 Å². The maximum Gasteiger partial charge on any atom is 0.243 e. The van der Waals surface area contributed by atoms with Gasteiger partial charge in [0.2, 0.25) is 5.91 Å². The second-order valence-electron chi connectivity index (χ2n) is 3.49. The summed E-state index contributed by atoms with van der Waals surface area (Å²) >= 11 is 0. The molecule has 4 nitrogen and oxygen atoms in total. The summed E-state index contributed by atoms with van der Waals surface area (Å²) < 4.78 is 22.2. The van der Waals surface area contributed by atoms with Crippen molar-refractivity contribution in [1.29, 1.82) is 0 Å². The summed E-state index contributed by atoms with van der Waals surface area (Å²) in [6.07, 6.45) is 2.94. The Kier molecular flexibility index (Phi) is 1.49. The lowest BCUT2D eigenvalue weighted by Gasteiger charge is -2.41. The molecule has 0 aliphatic carbocycles. The van der Waals surface area contributed by atoms with Crippen molar-refractivity contribution < 1.29 is 13.2 Å². The summed E-state index contributed by atoms with van der Waals surface area (Å²) in [5, 5.41) is -0.722. The predicted octanol–water partition coefficient (Wildman–Crippen LogP) is -0.596. The van der Waals surface area contributed by atoms with E-state index in [1.807, 2.05) is 0 Å². The maximum absolute atomic E-state index is 11.2. The summed E-state index contributed by atoms with van der Waals surface area (Å²) in [7, 11) is -3.16. The van der Waals surface area contributed by atoms with Crippen LogP contribution in [0.3, 0.4) is 0 Å². The lowest BCUT2D eigenvalue weighted by Crippen LogP contribution is -2.64. The van der Waals surface area contributed by atoms with Crippen molar-refractivity contribution in [3.05, 3.63) is 0 Å². The minimum absolute atomic E-state index is 0.00694. The molecule has 5 heteroatoms. The second-order valence-corrected chi connectivity index (χ2v) is 5.66. The fraction of sp³-hybridized carbons (Fsp3) is 0.857. The number of hydrogen-bond donors (Lipinski definition) is 0. The van der Waals surface area contributed by atoms with Crippen LogP contribution in [0.4, 0.5) is 0 Å². The normalized spacial score (nSPS) is 34.8. The van der Waals surface area contributed by atoms with Crippen LogP contribution in [-0.4, -0.2) is 43.3 Å². The van der Waals surface area contributed by atoms with Crippen LogP contribution in [0, 0.1) is 0 Å². The molecule has 0 aromatic rings. The van der Waals surface area contributed by atoms with Gasteiger partial charge < -0.3 is 4.90 Å². The van der Waals surface area contributed by atoms with Crippen molar-refractivity contribution in [2.75, 3.05) is 12.8 Å². The number of nitrogens with zero attached hydrogens (tertiary/aromatic N) is 1. The maximum atomic E-state index is 11.2. The van der Waals surface area contributed by atoms with Gasteiger partial charge in [0.15, 0.2) is 15.1 Å². The molecule has 12 heavy (non-hydrogen) atoms. The summed E-state index contributed by atoms with van der Waals surface area (Å²) in [5.74, 6) is -0.194. The van der Waals surface area contributed by atoms with Crippen molar-refractivity contribution >= 4 is 15.7 Å². The van der Waals surface area contributed by atoms with Crippen LogP contribution < -0.4 is 0 Å². The molecule has 2 rings (SSSR count). The van der Waals surface area contributed by atoms with Gasteiger partial charge in [0.05, 0.1) is 6.04 Å². The molecule has 1 amide bonds. The molecule has 0 N–H and O–H groups in total. The summed E-state index contributed by atoms with van der Waals surface area (Å²) in [6, 6.07) is -0.00694. The Morgan fingerprint density at radius 1 is 1.50 bits per heavy atom. The number of rotatable bonds is 1. The third kappa shape index (κ3) is 0.888. The van der Waals surface area contributed by atoms with E-state index >= 15 is 0 Å². The van der Waals surface area contributed by atoms with E-state index in [0.717, 1.165) is 25.6 Å². The van der Waals surface area contributed by atoms with E-state index in [9.17, 15) is 13.2 Å². The Morgan fingerprint density at radius 3 is 2.75 bits per heavy atom. The van der Waals surface area contributed by atoms with Crippen molar-refractivity contribution in [3.8, 4) is 0 Å². The number of hydrogen-bond acceptors (Lipinski definition) is 3. The molecule has 68 valence electrons. The molecule has 0 spiro atoms. The van der Waals surface area contributed by atoms with Gasteiger partial charge in [0.1, 0.15) is 0 Å². The predicted molar refractivity (Wildman–Crippen MR) is 43.4 cm³/mol. The quantitative estimate of drug-likeness (QED) is 0.518. The molecule has 0 saturated carbocycles. The van der Waals surface area contributed by atoms with Gasteiger partial charge in [-0.3, -0.25) is 4.79 Å². The Balaban J connectivity index is 2.26. The van der Waals surface area contributed by atoms with Crippen molar-refractivity contribution in [3.63, 3.8) is 0 Å². The first-order valence-electron chi connectivity index (χ1n) is 4.01. The van der Waals surface area contributed by atoms with Crippen LogP contribution >= 0.6 is 0 Å². The molecule has 2 fully saturated rings. The Morgan fingerprint density at radius 2 is 2.17 bits per heavy atom. The van der Waals surface area contributed by atoms with Crippen LogP contribution in [0.5, 0.6) is 0 Å². The van der Waals surface area contributed by atoms with Gasteiger partial charge in [-0.05, 0) is 12.8 Å². The zero-order valence-electron chi connectivity index (χ0n) is 6.86. The zero-order chi connectivity index (χ0) is 8.93. The minimum Gasteiger partial charge on any atom is -0.337 e.